The van der Waals surface area contributed by atoms with Crippen LogP contribution in [0, 0.1) is 0 Å². The van der Waals surface area contributed by atoms with E-state index in [9.17, 15) is 9.59 Å². The smallest absolute Gasteiger partial charge is 0.325 e. The first-order valence-electron chi connectivity index (χ1n) is 5.55. The number of aliphatic carboxylic acids is 1. The molecule has 0 aliphatic rings. The molecule has 0 aliphatic carbocycles. The highest BCUT2D eigenvalue weighted by Crippen LogP contribution is 2.25. The summed E-state index contributed by atoms with van der Waals surface area (Å²) in [5.74, 6) is -1.39. The molecule has 2 N–H and O–H groups in total. The van der Waals surface area contributed by atoms with Gasteiger partial charge in [0, 0.05) is 5.02 Å². The zero-order valence-corrected chi connectivity index (χ0v) is 11.3. The summed E-state index contributed by atoms with van der Waals surface area (Å²) in [6.45, 7) is 4.90. The molecular weight excluding hydrogens is 254 g/mol. The van der Waals surface area contributed by atoms with Gasteiger partial charge < -0.3 is 10.4 Å². The van der Waals surface area contributed by atoms with Crippen LogP contribution in [-0.2, 0) is 15.0 Å². The first-order valence-corrected chi connectivity index (χ1v) is 5.92. The zero-order valence-electron chi connectivity index (χ0n) is 10.5. The number of carboxylic acids is 1. The number of amides is 1. The average molecular weight is 270 g/mol. The van der Waals surface area contributed by atoms with Crippen LogP contribution in [0.2, 0.25) is 5.02 Å². The van der Waals surface area contributed by atoms with Crippen LogP contribution >= 0.6 is 11.6 Å². The predicted molar refractivity (Wildman–Crippen MR) is 69.7 cm³/mol. The van der Waals surface area contributed by atoms with E-state index in [2.05, 4.69) is 5.32 Å². The molecule has 0 radical (unpaired) electrons. The Bertz CT molecular complexity index is 454. The molecule has 98 valence electrons. The average Bonchev–Trinajstić information content (AvgIpc) is 2.29. The van der Waals surface area contributed by atoms with E-state index < -0.39 is 17.4 Å². The summed E-state index contributed by atoms with van der Waals surface area (Å²) < 4.78 is 0. The maximum atomic E-state index is 12.1. The van der Waals surface area contributed by atoms with Crippen molar-refractivity contribution in [2.24, 2.45) is 0 Å². The molecule has 0 unspecified atom stereocenters. The van der Waals surface area contributed by atoms with Gasteiger partial charge in [-0.25, -0.2) is 0 Å². The first kappa shape index (κ1) is 14.5. The van der Waals surface area contributed by atoms with Crippen molar-refractivity contribution < 1.29 is 14.7 Å². The zero-order chi connectivity index (χ0) is 13.9. The van der Waals surface area contributed by atoms with Crippen LogP contribution in [0.1, 0.15) is 26.3 Å². The molecule has 1 atom stereocenters. The Hall–Kier alpha value is -1.55. The molecule has 18 heavy (non-hydrogen) atoms. The van der Waals surface area contributed by atoms with E-state index >= 15 is 0 Å². The lowest BCUT2D eigenvalue weighted by molar-refractivity contribution is -0.142. The summed E-state index contributed by atoms with van der Waals surface area (Å²) in [5, 5.41) is 11.8. The summed E-state index contributed by atoms with van der Waals surface area (Å²) in [4.78, 5) is 22.8. The summed E-state index contributed by atoms with van der Waals surface area (Å²) >= 11 is 5.79. The minimum Gasteiger partial charge on any atom is -0.480 e. The van der Waals surface area contributed by atoms with Gasteiger partial charge in [-0.2, -0.15) is 0 Å². The standard InChI is InChI=1S/C13H16ClNO3/c1-8(11(16)17)15-12(18)13(2,3)9-4-6-10(14)7-5-9/h4-8H,1-3H3,(H,15,18)(H,16,17)/t8-/m0/s1. The second-order valence-corrected chi connectivity index (χ2v) is 5.10. The van der Waals surface area contributed by atoms with Gasteiger partial charge in [0.05, 0.1) is 5.41 Å². The van der Waals surface area contributed by atoms with Gasteiger partial charge in [0.2, 0.25) is 5.91 Å². The number of rotatable bonds is 4. The van der Waals surface area contributed by atoms with Crippen molar-refractivity contribution in [2.75, 3.05) is 0 Å². The van der Waals surface area contributed by atoms with Crippen LogP contribution in [0.25, 0.3) is 0 Å². The minimum absolute atomic E-state index is 0.334. The fourth-order valence-electron chi connectivity index (χ4n) is 1.44. The molecule has 0 heterocycles. The monoisotopic (exact) mass is 269 g/mol. The number of halogens is 1. The van der Waals surface area contributed by atoms with E-state index in [0.717, 1.165) is 5.56 Å². The predicted octanol–water partition coefficient (Wildman–Crippen LogP) is 2.21. The molecule has 1 rings (SSSR count). The van der Waals surface area contributed by atoms with Crippen molar-refractivity contribution in [3.63, 3.8) is 0 Å². The van der Waals surface area contributed by atoms with Crippen molar-refractivity contribution in [1.82, 2.24) is 5.32 Å². The first-order chi connectivity index (χ1) is 8.25. The summed E-state index contributed by atoms with van der Waals surface area (Å²) in [6, 6.07) is 6.00. The molecule has 5 heteroatoms. The number of carboxylic acid groups (broad SMARTS) is 1. The van der Waals surface area contributed by atoms with Crippen molar-refractivity contribution in [1.29, 1.82) is 0 Å². The van der Waals surface area contributed by atoms with Crippen LogP contribution < -0.4 is 5.32 Å². The summed E-state index contributed by atoms with van der Waals surface area (Å²) in [5.41, 5.74) is -0.0316. The molecule has 0 saturated carbocycles. The maximum Gasteiger partial charge on any atom is 0.325 e. The molecule has 1 aromatic carbocycles. The Balaban J connectivity index is 2.89. The largest absolute Gasteiger partial charge is 0.480 e. The van der Waals surface area contributed by atoms with Crippen molar-refractivity contribution in [3.8, 4) is 0 Å². The highest BCUT2D eigenvalue weighted by atomic mass is 35.5. The number of hydrogen-bond acceptors (Lipinski definition) is 2. The molecule has 0 bridgehead atoms. The van der Waals surface area contributed by atoms with Gasteiger partial charge >= 0.3 is 5.97 Å². The van der Waals surface area contributed by atoms with Gasteiger partial charge in [-0.05, 0) is 38.5 Å². The van der Waals surface area contributed by atoms with E-state index in [1.165, 1.54) is 6.92 Å². The molecule has 0 spiro atoms. The van der Waals surface area contributed by atoms with Crippen LogP contribution in [0.5, 0.6) is 0 Å². The second kappa shape index (κ2) is 5.40. The van der Waals surface area contributed by atoms with Crippen LogP contribution in [0.15, 0.2) is 24.3 Å². The molecule has 1 aromatic rings. The Morgan fingerprint density at radius 2 is 1.78 bits per heavy atom. The van der Waals surface area contributed by atoms with E-state index in [1.54, 1.807) is 38.1 Å². The maximum absolute atomic E-state index is 12.1. The van der Waals surface area contributed by atoms with Gasteiger partial charge in [0.1, 0.15) is 6.04 Å². The quantitative estimate of drug-likeness (QED) is 0.881. The number of benzene rings is 1. The Labute approximate surface area is 111 Å². The van der Waals surface area contributed by atoms with Crippen LogP contribution in [-0.4, -0.2) is 23.0 Å². The summed E-state index contributed by atoms with van der Waals surface area (Å²) in [6.07, 6.45) is 0. The minimum atomic E-state index is -1.06. The molecule has 0 saturated heterocycles. The number of nitrogens with one attached hydrogen (secondary N) is 1. The van der Waals surface area contributed by atoms with E-state index in [0.29, 0.717) is 5.02 Å². The highest BCUT2D eigenvalue weighted by Gasteiger charge is 2.31. The molecule has 4 nitrogen and oxygen atoms in total. The Morgan fingerprint density at radius 3 is 2.22 bits per heavy atom. The van der Waals surface area contributed by atoms with Crippen molar-refractivity contribution in [3.05, 3.63) is 34.9 Å². The third-order valence-corrected chi connectivity index (χ3v) is 3.10. The SMILES string of the molecule is C[C@H](NC(=O)C(C)(C)c1ccc(Cl)cc1)C(=O)O. The fraction of sp³-hybridized carbons (Fsp3) is 0.385. The van der Waals surface area contributed by atoms with Crippen LogP contribution in [0.4, 0.5) is 0 Å². The normalized spacial score (nSPS) is 12.9. The Morgan fingerprint density at radius 1 is 1.28 bits per heavy atom. The number of carbonyl (C=O) groups excluding carboxylic acids is 1. The van der Waals surface area contributed by atoms with E-state index in [4.69, 9.17) is 16.7 Å². The lowest BCUT2D eigenvalue weighted by Gasteiger charge is -2.25. The lowest BCUT2D eigenvalue weighted by atomic mass is 9.83. The lowest BCUT2D eigenvalue weighted by Crippen LogP contribution is -2.46. The fourth-order valence-corrected chi connectivity index (χ4v) is 1.56. The van der Waals surface area contributed by atoms with E-state index in [-0.39, 0.29) is 5.91 Å². The molecule has 0 aliphatic heterocycles. The van der Waals surface area contributed by atoms with Gasteiger partial charge in [-0.3, -0.25) is 9.59 Å². The Kier molecular flexibility index (Phi) is 4.35. The second-order valence-electron chi connectivity index (χ2n) is 4.67. The molecule has 0 fully saturated rings. The van der Waals surface area contributed by atoms with Gasteiger partial charge in [0.15, 0.2) is 0 Å². The number of carbonyl (C=O) groups is 2. The van der Waals surface area contributed by atoms with E-state index in [1.807, 2.05) is 0 Å². The van der Waals surface area contributed by atoms with Gasteiger partial charge in [-0.1, -0.05) is 23.7 Å². The third-order valence-electron chi connectivity index (χ3n) is 2.85. The molecule has 0 aromatic heterocycles. The van der Waals surface area contributed by atoms with Crippen molar-refractivity contribution in [2.45, 2.75) is 32.2 Å². The van der Waals surface area contributed by atoms with Gasteiger partial charge in [0.25, 0.3) is 0 Å². The highest BCUT2D eigenvalue weighted by molar-refractivity contribution is 6.30. The topological polar surface area (TPSA) is 66.4 Å². The molecular formula is C13H16ClNO3. The van der Waals surface area contributed by atoms with Crippen molar-refractivity contribution >= 4 is 23.5 Å². The third kappa shape index (κ3) is 3.23. The summed E-state index contributed by atoms with van der Waals surface area (Å²) in [7, 11) is 0. The number of hydrogen-bond donors (Lipinski definition) is 2. The van der Waals surface area contributed by atoms with Gasteiger partial charge in [-0.15, -0.1) is 0 Å². The van der Waals surface area contributed by atoms with Crippen LogP contribution in [0.3, 0.4) is 0 Å². The molecule has 1 amide bonds.